The molecule has 6 nitrogen and oxygen atoms in total. The molecule has 1 N–H and O–H groups in total. The van der Waals surface area contributed by atoms with Crippen LogP contribution in [0, 0.1) is 5.92 Å². The topological polar surface area (TPSA) is 75.7 Å². The van der Waals surface area contributed by atoms with E-state index in [1.165, 1.54) is 6.07 Å². The fourth-order valence-electron chi connectivity index (χ4n) is 3.45. The van der Waals surface area contributed by atoms with Gasteiger partial charge in [0.25, 0.3) is 11.8 Å². The van der Waals surface area contributed by atoms with Gasteiger partial charge in [0.2, 0.25) is 0 Å². The van der Waals surface area contributed by atoms with Crippen LogP contribution in [0.5, 0.6) is 11.5 Å². The highest BCUT2D eigenvalue weighted by Crippen LogP contribution is 2.31. The van der Waals surface area contributed by atoms with Crippen molar-refractivity contribution in [3.05, 3.63) is 83.4 Å². The predicted octanol–water partition coefficient (Wildman–Crippen LogP) is 5.16. The average Bonchev–Trinajstić information content (AvgIpc) is 3.04. The van der Waals surface area contributed by atoms with Gasteiger partial charge in [-0.15, -0.1) is 0 Å². The second-order valence-electron chi connectivity index (χ2n) is 7.60. The normalized spacial score (nSPS) is 12.8. The molecule has 0 aromatic heterocycles. The molecule has 0 aliphatic carbocycles. The van der Waals surface area contributed by atoms with E-state index in [1.54, 1.807) is 50.2 Å². The van der Waals surface area contributed by atoms with E-state index < -0.39 is 11.8 Å². The summed E-state index contributed by atoms with van der Waals surface area (Å²) in [6.07, 6.45) is 0. The third-order valence-electron chi connectivity index (χ3n) is 5.17. The van der Waals surface area contributed by atoms with Crippen molar-refractivity contribution in [2.24, 2.45) is 5.92 Å². The molecule has 31 heavy (non-hydrogen) atoms. The van der Waals surface area contributed by atoms with Crippen molar-refractivity contribution >= 4 is 29.0 Å². The number of rotatable bonds is 6. The van der Waals surface area contributed by atoms with Crippen LogP contribution >= 0.6 is 0 Å². The largest absolute Gasteiger partial charge is 0.457 e. The first-order chi connectivity index (χ1) is 14.9. The summed E-state index contributed by atoms with van der Waals surface area (Å²) in [5, 5.41) is 3.04. The van der Waals surface area contributed by atoms with E-state index >= 15 is 0 Å². The lowest BCUT2D eigenvalue weighted by Crippen LogP contribution is -2.29. The number of benzene rings is 3. The summed E-state index contributed by atoms with van der Waals surface area (Å²) in [4.78, 5) is 39.2. The maximum atomic E-state index is 12.9. The van der Waals surface area contributed by atoms with Crippen molar-refractivity contribution in [2.45, 2.75) is 13.8 Å². The summed E-state index contributed by atoms with van der Waals surface area (Å²) in [5.74, 6) is 0.168. The van der Waals surface area contributed by atoms with Crippen molar-refractivity contribution in [1.29, 1.82) is 0 Å². The van der Waals surface area contributed by atoms with Gasteiger partial charge in [-0.25, -0.2) is 4.90 Å². The lowest BCUT2D eigenvalue weighted by molar-refractivity contribution is 0.0922. The number of ketones is 1. The van der Waals surface area contributed by atoms with E-state index in [4.69, 9.17) is 4.74 Å². The first kappa shape index (κ1) is 20.3. The van der Waals surface area contributed by atoms with E-state index in [-0.39, 0.29) is 17.3 Å². The summed E-state index contributed by atoms with van der Waals surface area (Å²) < 4.78 is 5.82. The highest BCUT2D eigenvalue weighted by molar-refractivity contribution is 6.34. The van der Waals surface area contributed by atoms with Crippen LogP contribution in [-0.4, -0.2) is 24.6 Å². The zero-order chi connectivity index (χ0) is 22.1. The highest BCUT2D eigenvalue weighted by atomic mass is 16.5. The van der Waals surface area contributed by atoms with Crippen LogP contribution in [0.4, 0.5) is 11.4 Å². The number of carbonyl (C=O) groups is 3. The van der Waals surface area contributed by atoms with Gasteiger partial charge >= 0.3 is 0 Å². The zero-order valence-corrected chi connectivity index (χ0v) is 17.5. The lowest BCUT2D eigenvalue weighted by atomic mass is 9.97. The monoisotopic (exact) mass is 414 g/mol. The van der Waals surface area contributed by atoms with Crippen molar-refractivity contribution < 1.29 is 19.1 Å². The Morgan fingerprint density at radius 1 is 0.839 bits per heavy atom. The Labute approximate surface area is 180 Å². The maximum Gasteiger partial charge on any atom is 0.266 e. The molecule has 0 radical (unpaired) electrons. The van der Waals surface area contributed by atoms with Crippen LogP contribution in [0.1, 0.15) is 44.9 Å². The summed E-state index contributed by atoms with van der Waals surface area (Å²) in [7, 11) is 1.84. The van der Waals surface area contributed by atoms with Gasteiger partial charge in [0.05, 0.1) is 16.8 Å². The fraction of sp³-hybridized carbons (Fsp3) is 0.160. The SMILES string of the molecule is CNc1ccc(Oc2ccc(N3C(=O)c4ccc(C(=O)C(C)C)cc4C3=O)cc2)cc1. The molecule has 6 heteroatoms. The van der Waals surface area contributed by atoms with E-state index in [0.717, 1.165) is 10.6 Å². The molecule has 0 bridgehead atoms. The van der Waals surface area contributed by atoms with Gasteiger partial charge in [0, 0.05) is 24.2 Å². The van der Waals surface area contributed by atoms with Gasteiger partial charge < -0.3 is 10.1 Å². The molecule has 1 heterocycles. The Hall–Kier alpha value is -3.93. The molecule has 0 saturated carbocycles. The van der Waals surface area contributed by atoms with Crippen LogP contribution in [0.15, 0.2) is 66.7 Å². The van der Waals surface area contributed by atoms with E-state index in [1.807, 2.05) is 31.3 Å². The number of anilines is 2. The standard InChI is InChI=1S/C25H22N2O4/c1-15(2)23(28)16-4-13-21-22(14-16)25(30)27(24(21)29)18-7-11-20(12-8-18)31-19-9-5-17(26-3)6-10-19/h4-15,26H,1-3H3. The van der Waals surface area contributed by atoms with Gasteiger partial charge in [-0.3, -0.25) is 14.4 Å². The number of nitrogens with one attached hydrogen (secondary N) is 1. The number of Topliss-reactive ketones (excluding diaryl/α,β-unsaturated/α-hetero) is 1. The van der Waals surface area contributed by atoms with Crippen LogP contribution in [-0.2, 0) is 0 Å². The number of amides is 2. The molecule has 156 valence electrons. The second-order valence-corrected chi connectivity index (χ2v) is 7.60. The third kappa shape index (κ3) is 3.80. The fourth-order valence-corrected chi connectivity index (χ4v) is 3.45. The van der Waals surface area contributed by atoms with Gasteiger partial charge in [-0.1, -0.05) is 19.9 Å². The molecular weight excluding hydrogens is 392 g/mol. The van der Waals surface area contributed by atoms with Crippen LogP contribution < -0.4 is 15.0 Å². The molecule has 0 saturated heterocycles. The zero-order valence-electron chi connectivity index (χ0n) is 17.5. The van der Waals surface area contributed by atoms with Crippen LogP contribution in [0.25, 0.3) is 0 Å². The molecule has 4 rings (SSSR count). The van der Waals surface area contributed by atoms with E-state index in [9.17, 15) is 14.4 Å². The minimum absolute atomic E-state index is 0.0641. The van der Waals surface area contributed by atoms with E-state index in [2.05, 4.69) is 5.32 Å². The Kier molecular flexibility index (Phi) is 5.29. The minimum atomic E-state index is -0.435. The highest BCUT2D eigenvalue weighted by Gasteiger charge is 2.37. The molecule has 3 aromatic rings. The number of hydrogen-bond acceptors (Lipinski definition) is 5. The third-order valence-corrected chi connectivity index (χ3v) is 5.17. The average molecular weight is 414 g/mol. The summed E-state index contributed by atoms with van der Waals surface area (Å²) in [6, 6.07) is 18.9. The molecule has 0 unspecified atom stereocenters. The van der Waals surface area contributed by atoms with Crippen LogP contribution in [0.3, 0.4) is 0 Å². The molecular formula is C25H22N2O4. The number of nitrogens with zero attached hydrogens (tertiary/aromatic N) is 1. The number of ether oxygens (including phenoxy) is 1. The summed E-state index contributed by atoms with van der Waals surface area (Å²) in [6.45, 7) is 3.60. The Morgan fingerprint density at radius 3 is 2.00 bits per heavy atom. The Morgan fingerprint density at radius 2 is 1.42 bits per heavy atom. The first-order valence-electron chi connectivity index (χ1n) is 10.0. The van der Waals surface area contributed by atoms with Gasteiger partial charge in [0.15, 0.2) is 5.78 Å². The smallest absolute Gasteiger partial charge is 0.266 e. The van der Waals surface area contributed by atoms with Gasteiger partial charge in [0.1, 0.15) is 11.5 Å². The van der Waals surface area contributed by atoms with Gasteiger partial charge in [-0.05, 0) is 60.7 Å². The quantitative estimate of drug-likeness (QED) is 0.445. The molecule has 0 fully saturated rings. The van der Waals surface area contributed by atoms with Crippen molar-refractivity contribution in [2.75, 3.05) is 17.3 Å². The Bertz CT molecular complexity index is 1170. The maximum absolute atomic E-state index is 12.9. The molecule has 2 amide bonds. The molecule has 1 aliphatic rings. The van der Waals surface area contributed by atoms with Crippen molar-refractivity contribution in [3.8, 4) is 11.5 Å². The molecule has 0 spiro atoms. The molecule has 1 aliphatic heterocycles. The van der Waals surface area contributed by atoms with Crippen molar-refractivity contribution in [3.63, 3.8) is 0 Å². The predicted molar refractivity (Wildman–Crippen MR) is 119 cm³/mol. The number of hydrogen-bond donors (Lipinski definition) is 1. The van der Waals surface area contributed by atoms with E-state index in [0.29, 0.717) is 28.3 Å². The molecule has 0 atom stereocenters. The minimum Gasteiger partial charge on any atom is -0.457 e. The first-order valence-corrected chi connectivity index (χ1v) is 10.0. The summed E-state index contributed by atoms with van der Waals surface area (Å²) >= 11 is 0. The van der Waals surface area contributed by atoms with Gasteiger partial charge in [-0.2, -0.15) is 0 Å². The molecule has 3 aromatic carbocycles. The van der Waals surface area contributed by atoms with Crippen molar-refractivity contribution in [1.82, 2.24) is 0 Å². The van der Waals surface area contributed by atoms with Crippen LogP contribution in [0.2, 0.25) is 0 Å². The summed E-state index contributed by atoms with van der Waals surface area (Å²) in [5.41, 5.74) is 2.41. The number of fused-ring (bicyclic) bond motifs is 1. The number of imide groups is 1. The Balaban J connectivity index is 1.55. The number of carbonyl (C=O) groups excluding carboxylic acids is 3. The lowest BCUT2D eigenvalue weighted by Gasteiger charge is -2.14. The second kappa shape index (κ2) is 8.07.